The molecule has 1 heterocycles. The molecule has 60 heavy (non-hydrogen) atoms. The van der Waals surface area contributed by atoms with Crippen LogP contribution in [0, 0.1) is 0 Å². The summed E-state index contributed by atoms with van der Waals surface area (Å²) in [5.41, 5.74) is 19.3. The van der Waals surface area contributed by atoms with Crippen LogP contribution >= 0.6 is 0 Å². The van der Waals surface area contributed by atoms with Gasteiger partial charge in [0.15, 0.2) is 0 Å². The van der Waals surface area contributed by atoms with E-state index < -0.39 is 0 Å². The van der Waals surface area contributed by atoms with E-state index in [1.807, 2.05) is 0 Å². The fourth-order valence-corrected chi connectivity index (χ4v) is 10.2. The van der Waals surface area contributed by atoms with E-state index >= 15 is 0 Å². The summed E-state index contributed by atoms with van der Waals surface area (Å²) in [6, 6.07) is 76.2. The molecule has 2 nitrogen and oxygen atoms in total. The van der Waals surface area contributed by atoms with E-state index in [9.17, 15) is 0 Å². The summed E-state index contributed by atoms with van der Waals surface area (Å²) in [6.45, 7) is 9.50. The molecule has 0 fully saturated rings. The van der Waals surface area contributed by atoms with Crippen LogP contribution in [0.25, 0.3) is 44.2 Å². The first-order chi connectivity index (χ1) is 29.3. The monoisotopic (exact) mass is 770 g/mol. The highest BCUT2D eigenvalue weighted by molar-refractivity contribution is 6.08. The van der Waals surface area contributed by atoms with Gasteiger partial charge in [0, 0.05) is 38.7 Å². The van der Waals surface area contributed by atoms with Gasteiger partial charge in [0.2, 0.25) is 0 Å². The molecular weight excluding hydrogens is 725 g/mol. The molecule has 2 aliphatic rings. The smallest absolute Gasteiger partial charge is 0.0618 e. The van der Waals surface area contributed by atoms with Crippen molar-refractivity contribution in [1.29, 1.82) is 0 Å². The predicted molar refractivity (Wildman–Crippen MR) is 254 cm³/mol. The largest absolute Gasteiger partial charge is 0.310 e. The Bertz CT molecular complexity index is 3100. The first-order valence-corrected chi connectivity index (χ1v) is 21.1. The lowest BCUT2D eigenvalue weighted by Crippen LogP contribution is -2.31. The molecule has 0 saturated heterocycles. The maximum absolute atomic E-state index is 2.56. The second-order valence-electron chi connectivity index (χ2n) is 17.3. The Labute approximate surface area is 353 Å². The zero-order valence-electron chi connectivity index (χ0n) is 34.5. The Morgan fingerprint density at radius 1 is 0.367 bits per heavy atom. The predicted octanol–water partition coefficient (Wildman–Crippen LogP) is 16.1. The quantitative estimate of drug-likeness (QED) is 0.166. The number of para-hydroxylation sites is 2. The number of benzene rings is 9. The van der Waals surface area contributed by atoms with E-state index in [1.165, 1.54) is 83.5 Å². The summed E-state index contributed by atoms with van der Waals surface area (Å²) < 4.78 is 0. The third-order valence-electron chi connectivity index (χ3n) is 13.2. The lowest BCUT2D eigenvalue weighted by Gasteiger charge is -2.43. The first-order valence-electron chi connectivity index (χ1n) is 21.1. The first kappa shape index (κ1) is 36.0. The van der Waals surface area contributed by atoms with E-state index in [0.717, 1.165) is 17.1 Å². The van der Waals surface area contributed by atoms with Crippen LogP contribution < -0.4 is 9.80 Å². The van der Waals surface area contributed by atoms with Crippen molar-refractivity contribution < 1.29 is 0 Å². The number of hydrogen-bond donors (Lipinski definition) is 0. The minimum absolute atomic E-state index is 0.144. The van der Waals surface area contributed by atoms with Crippen molar-refractivity contribution in [3.8, 4) is 33.4 Å². The van der Waals surface area contributed by atoms with Gasteiger partial charge in [-0.2, -0.15) is 0 Å². The fourth-order valence-electron chi connectivity index (χ4n) is 10.2. The maximum atomic E-state index is 2.56. The Balaban J connectivity index is 1.20. The van der Waals surface area contributed by atoms with Crippen molar-refractivity contribution in [3.63, 3.8) is 0 Å². The number of rotatable bonds is 6. The van der Waals surface area contributed by atoms with Gasteiger partial charge >= 0.3 is 0 Å². The topological polar surface area (TPSA) is 6.48 Å². The molecule has 9 aromatic rings. The lowest BCUT2D eigenvalue weighted by molar-refractivity contribution is 0.632. The van der Waals surface area contributed by atoms with Crippen LogP contribution in [0.15, 0.2) is 206 Å². The Hall–Kier alpha value is -7.16. The van der Waals surface area contributed by atoms with Crippen molar-refractivity contribution in [2.75, 3.05) is 9.80 Å². The maximum Gasteiger partial charge on any atom is 0.0618 e. The van der Waals surface area contributed by atoms with E-state index in [0.29, 0.717) is 0 Å². The lowest BCUT2D eigenvalue weighted by atomic mass is 9.73. The molecule has 9 aromatic carbocycles. The van der Waals surface area contributed by atoms with Gasteiger partial charge in [0.05, 0.1) is 22.7 Å². The van der Waals surface area contributed by atoms with E-state index in [1.54, 1.807) is 0 Å². The second-order valence-corrected chi connectivity index (χ2v) is 17.3. The number of nitrogens with zero attached hydrogens (tertiary/aromatic N) is 2. The number of hydrogen-bond acceptors (Lipinski definition) is 2. The van der Waals surface area contributed by atoms with Gasteiger partial charge in [0.1, 0.15) is 0 Å². The van der Waals surface area contributed by atoms with Crippen LogP contribution in [-0.2, 0) is 10.8 Å². The van der Waals surface area contributed by atoms with Crippen LogP contribution in [0.2, 0.25) is 0 Å². The van der Waals surface area contributed by atoms with E-state index in [2.05, 4.69) is 244 Å². The Morgan fingerprint density at radius 3 is 1.68 bits per heavy atom. The molecule has 0 atom stereocenters. The van der Waals surface area contributed by atoms with Crippen molar-refractivity contribution in [2.45, 2.75) is 38.5 Å². The molecule has 0 unspecified atom stereocenters. The summed E-state index contributed by atoms with van der Waals surface area (Å²) in [4.78, 5) is 5.06. The minimum Gasteiger partial charge on any atom is -0.310 e. The molecule has 0 bridgehead atoms. The molecule has 0 radical (unpaired) electrons. The van der Waals surface area contributed by atoms with Crippen LogP contribution in [0.4, 0.5) is 34.1 Å². The van der Waals surface area contributed by atoms with Gasteiger partial charge < -0.3 is 9.80 Å². The van der Waals surface area contributed by atoms with E-state index in [-0.39, 0.29) is 10.8 Å². The van der Waals surface area contributed by atoms with Gasteiger partial charge in [-0.05, 0) is 86.3 Å². The molecule has 11 rings (SSSR count). The highest BCUT2D eigenvalue weighted by Gasteiger charge is 2.39. The zero-order chi connectivity index (χ0) is 40.6. The van der Waals surface area contributed by atoms with Crippen molar-refractivity contribution >= 4 is 44.9 Å². The van der Waals surface area contributed by atoms with Gasteiger partial charge in [-0.25, -0.2) is 0 Å². The van der Waals surface area contributed by atoms with Crippen molar-refractivity contribution in [1.82, 2.24) is 0 Å². The van der Waals surface area contributed by atoms with Gasteiger partial charge in [0.25, 0.3) is 0 Å². The molecule has 2 heteroatoms. The van der Waals surface area contributed by atoms with Crippen molar-refractivity contribution in [2.24, 2.45) is 0 Å². The SMILES string of the molecule is CC1(C)c2ccccc2-c2ccc(N(c3ccc4c(c3)N(c3c(-c5ccccc5)ccc5ccccc35)c3ccccc3C4(C)C)c3ccccc3-c3ccccc3)cc21. The third-order valence-corrected chi connectivity index (χ3v) is 13.2. The highest BCUT2D eigenvalue weighted by Crippen LogP contribution is 2.57. The zero-order valence-corrected chi connectivity index (χ0v) is 34.5. The average Bonchev–Trinajstić information content (AvgIpc) is 3.52. The highest BCUT2D eigenvalue weighted by atomic mass is 15.2. The van der Waals surface area contributed by atoms with Crippen LogP contribution in [0.5, 0.6) is 0 Å². The van der Waals surface area contributed by atoms with Gasteiger partial charge in [-0.3, -0.25) is 0 Å². The number of fused-ring (bicyclic) bond motifs is 6. The molecule has 0 N–H and O–H groups in total. The van der Waals surface area contributed by atoms with Gasteiger partial charge in [-0.1, -0.05) is 198 Å². The van der Waals surface area contributed by atoms with Crippen LogP contribution in [0.3, 0.4) is 0 Å². The molecule has 1 aliphatic heterocycles. The summed E-state index contributed by atoms with van der Waals surface area (Å²) in [5, 5.41) is 2.43. The molecule has 1 aliphatic carbocycles. The molecule has 0 spiro atoms. The Kier molecular flexibility index (Phi) is 8.22. The number of anilines is 6. The summed E-state index contributed by atoms with van der Waals surface area (Å²) in [7, 11) is 0. The van der Waals surface area contributed by atoms with Crippen LogP contribution in [0.1, 0.15) is 49.9 Å². The molecule has 288 valence electrons. The molecule has 0 aromatic heterocycles. The summed E-state index contributed by atoms with van der Waals surface area (Å²) >= 11 is 0. The fraction of sp³-hybridized carbons (Fsp3) is 0.103. The Morgan fingerprint density at radius 2 is 0.900 bits per heavy atom. The van der Waals surface area contributed by atoms with Crippen LogP contribution in [-0.4, -0.2) is 0 Å². The molecule has 0 saturated carbocycles. The summed E-state index contributed by atoms with van der Waals surface area (Å²) in [6.07, 6.45) is 0. The van der Waals surface area contributed by atoms with E-state index in [4.69, 9.17) is 0 Å². The molecule has 0 amide bonds. The third kappa shape index (κ3) is 5.48. The molecular formula is C58H46N2. The second kappa shape index (κ2) is 13.7. The standard InChI is InChI=1S/C58H46N2/c1-57(2)49-27-15-13-26-47(49)48-35-32-42(37-52(48)57)59(53-29-17-14-24-44(53)39-19-7-5-8-20-39)43-33-36-51-55(38-43)60(54-30-18-16-28-50(54)58(51,3)4)56-45-25-12-11-23-41(45)31-34-46(56)40-21-9-6-10-22-40/h5-38H,1-4H3. The average molecular weight is 771 g/mol. The normalized spacial score (nSPS) is 14.2. The van der Waals surface area contributed by atoms with Gasteiger partial charge in [-0.15, -0.1) is 0 Å². The minimum atomic E-state index is -0.255. The van der Waals surface area contributed by atoms with Crippen molar-refractivity contribution in [3.05, 3.63) is 229 Å². The summed E-state index contributed by atoms with van der Waals surface area (Å²) in [5.74, 6) is 0.